The van der Waals surface area contributed by atoms with Gasteiger partial charge in [-0.15, -0.1) is 0 Å². The summed E-state index contributed by atoms with van der Waals surface area (Å²) in [6.07, 6.45) is 53.7. The quantitative estimate of drug-likeness (QED) is 0.0244. The first kappa shape index (κ1) is 58.7. The van der Waals surface area contributed by atoms with Crippen LogP contribution in [0.3, 0.4) is 0 Å². The van der Waals surface area contributed by atoms with E-state index in [1.807, 2.05) is 27.2 Å². The van der Waals surface area contributed by atoms with Crippen molar-refractivity contribution in [3.8, 4) is 0 Å². The van der Waals surface area contributed by atoms with Gasteiger partial charge in [-0.05, 0) is 44.9 Å². The number of unbranched alkanes of at least 4 members (excludes halogenated alkanes) is 29. The van der Waals surface area contributed by atoms with Gasteiger partial charge in [0.25, 0.3) is 0 Å². The van der Waals surface area contributed by atoms with Gasteiger partial charge in [0.05, 0.1) is 39.9 Å². The number of amides is 1. The maximum Gasteiger partial charge on any atom is 0.472 e. The van der Waals surface area contributed by atoms with Crippen LogP contribution in [0.2, 0.25) is 0 Å². The van der Waals surface area contributed by atoms with Crippen LogP contribution in [0.25, 0.3) is 0 Å². The number of rotatable bonds is 46. The standard InChI is InChI=1S/C51H99N2O6P/c1-6-8-10-12-14-16-18-20-22-24-26-28-30-32-34-36-38-40-42-44-50(54)49(48-59-60(56,57)58-47-46-53(3,4)5)52-51(55)45-43-41-39-37-35-33-31-29-27-25-23-21-19-17-15-13-11-9-7-2/h26,28,34,36,42,44,49-50,54H,6-25,27,29-33,35,37-41,43,45-48H2,1-5H3,(H-,52,55,56,57)/p+1/b28-26+,36-34+,44-42+. The van der Waals surface area contributed by atoms with Crippen molar-refractivity contribution >= 4 is 13.7 Å². The van der Waals surface area contributed by atoms with E-state index in [0.717, 1.165) is 44.9 Å². The molecule has 3 N–H and O–H groups in total. The minimum absolute atomic E-state index is 0.0549. The molecular formula is C51H100N2O6P+. The predicted molar refractivity (Wildman–Crippen MR) is 258 cm³/mol. The highest BCUT2D eigenvalue weighted by Gasteiger charge is 2.27. The Labute approximate surface area is 372 Å². The van der Waals surface area contributed by atoms with Crippen LogP contribution in [0.1, 0.15) is 232 Å². The largest absolute Gasteiger partial charge is 0.472 e. The van der Waals surface area contributed by atoms with Crippen LogP contribution in [0.15, 0.2) is 36.5 Å². The summed E-state index contributed by atoms with van der Waals surface area (Å²) in [6.45, 7) is 4.80. The molecule has 8 nitrogen and oxygen atoms in total. The van der Waals surface area contributed by atoms with E-state index < -0.39 is 20.0 Å². The predicted octanol–water partition coefficient (Wildman–Crippen LogP) is 14.6. The molecule has 0 rings (SSSR count). The minimum atomic E-state index is -4.35. The van der Waals surface area contributed by atoms with E-state index in [1.165, 1.54) is 167 Å². The van der Waals surface area contributed by atoms with E-state index in [4.69, 9.17) is 9.05 Å². The number of hydrogen-bond donors (Lipinski definition) is 3. The molecule has 0 radical (unpaired) electrons. The van der Waals surface area contributed by atoms with Crippen molar-refractivity contribution < 1.29 is 32.9 Å². The molecule has 0 bridgehead atoms. The van der Waals surface area contributed by atoms with Crippen molar-refractivity contribution in [1.29, 1.82) is 0 Å². The molecule has 0 aromatic heterocycles. The third-order valence-electron chi connectivity index (χ3n) is 11.3. The lowest BCUT2D eigenvalue weighted by Gasteiger charge is -2.25. The highest BCUT2D eigenvalue weighted by atomic mass is 31.2. The first-order valence-electron chi connectivity index (χ1n) is 25.4. The smallest absolute Gasteiger partial charge is 0.387 e. The van der Waals surface area contributed by atoms with E-state index in [-0.39, 0.29) is 19.1 Å². The Morgan fingerprint density at radius 3 is 1.33 bits per heavy atom. The zero-order valence-corrected chi connectivity index (χ0v) is 41.1. The van der Waals surface area contributed by atoms with Gasteiger partial charge in [-0.3, -0.25) is 13.8 Å². The summed E-state index contributed by atoms with van der Waals surface area (Å²) in [4.78, 5) is 23.2. The molecule has 0 aliphatic carbocycles. The molecule has 0 aromatic rings. The number of nitrogens with one attached hydrogen (secondary N) is 1. The second-order valence-corrected chi connectivity index (χ2v) is 20.0. The first-order chi connectivity index (χ1) is 29.0. The summed E-state index contributed by atoms with van der Waals surface area (Å²) >= 11 is 0. The maximum absolute atomic E-state index is 12.9. The van der Waals surface area contributed by atoms with Gasteiger partial charge < -0.3 is 19.8 Å². The van der Waals surface area contributed by atoms with E-state index in [2.05, 4.69) is 43.5 Å². The lowest BCUT2D eigenvalue weighted by molar-refractivity contribution is -0.870. The van der Waals surface area contributed by atoms with Crippen molar-refractivity contribution in [2.45, 2.75) is 244 Å². The number of aliphatic hydroxyl groups excluding tert-OH is 1. The molecule has 354 valence electrons. The second-order valence-electron chi connectivity index (χ2n) is 18.5. The van der Waals surface area contributed by atoms with Gasteiger partial charge in [0, 0.05) is 6.42 Å². The summed E-state index contributed by atoms with van der Waals surface area (Å²) in [5, 5.41) is 13.9. The number of phosphoric acid groups is 1. The van der Waals surface area contributed by atoms with E-state index in [1.54, 1.807) is 6.08 Å². The van der Waals surface area contributed by atoms with Gasteiger partial charge in [-0.2, -0.15) is 0 Å². The van der Waals surface area contributed by atoms with E-state index in [0.29, 0.717) is 17.4 Å². The molecule has 0 aliphatic rings. The molecule has 1 amide bonds. The van der Waals surface area contributed by atoms with Crippen LogP contribution in [-0.2, 0) is 18.4 Å². The third kappa shape index (κ3) is 44.8. The zero-order chi connectivity index (χ0) is 44.3. The summed E-state index contributed by atoms with van der Waals surface area (Å²) in [5.74, 6) is -0.188. The van der Waals surface area contributed by atoms with Gasteiger partial charge in [0.2, 0.25) is 5.91 Å². The fourth-order valence-electron chi connectivity index (χ4n) is 7.31. The van der Waals surface area contributed by atoms with Gasteiger partial charge in [0.15, 0.2) is 0 Å². The van der Waals surface area contributed by atoms with Crippen molar-refractivity contribution in [3.63, 3.8) is 0 Å². The van der Waals surface area contributed by atoms with Crippen LogP contribution in [0.5, 0.6) is 0 Å². The van der Waals surface area contributed by atoms with Gasteiger partial charge in [-0.25, -0.2) is 4.57 Å². The van der Waals surface area contributed by atoms with Gasteiger partial charge in [0.1, 0.15) is 13.2 Å². The van der Waals surface area contributed by atoms with Crippen LogP contribution in [-0.4, -0.2) is 73.4 Å². The fourth-order valence-corrected chi connectivity index (χ4v) is 8.05. The molecule has 0 aromatic carbocycles. The van der Waals surface area contributed by atoms with E-state index in [9.17, 15) is 19.4 Å². The third-order valence-corrected chi connectivity index (χ3v) is 12.3. The molecule has 0 saturated heterocycles. The average Bonchev–Trinajstić information content (AvgIpc) is 3.20. The average molecular weight is 868 g/mol. The monoisotopic (exact) mass is 868 g/mol. The zero-order valence-electron chi connectivity index (χ0n) is 40.2. The molecule has 0 aliphatic heterocycles. The van der Waals surface area contributed by atoms with Crippen molar-refractivity contribution in [1.82, 2.24) is 5.32 Å². The van der Waals surface area contributed by atoms with Crippen molar-refractivity contribution in [2.24, 2.45) is 0 Å². The Morgan fingerprint density at radius 1 is 0.550 bits per heavy atom. The highest BCUT2D eigenvalue weighted by Crippen LogP contribution is 2.43. The van der Waals surface area contributed by atoms with Gasteiger partial charge in [-0.1, -0.05) is 217 Å². The maximum atomic E-state index is 12.9. The summed E-state index contributed by atoms with van der Waals surface area (Å²) in [7, 11) is 1.55. The number of likely N-dealkylation sites (N-methyl/N-ethyl adjacent to an activating group) is 1. The molecule has 0 fully saturated rings. The van der Waals surface area contributed by atoms with Crippen LogP contribution < -0.4 is 5.32 Å². The molecular weight excluding hydrogens is 768 g/mol. The number of carbonyl (C=O) groups is 1. The molecule has 0 spiro atoms. The minimum Gasteiger partial charge on any atom is -0.387 e. The number of carbonyl (C=O) groups excluding carboxylic acids is 1. The molecule has 3 atom stereocenters. The number of aliphatic hydroxyl groups is 1. The normalized spacial score (nSPS) is 14.4. The number of allylic oxidation sites excluding steroid dienone is 5. The van der Waals surface area contributed by atoms with E-state index >= 15 is 0 Å². The number of phosphoric ester groups is 1. The molecule has 60 heavy (non-hydrogen) atoms. The Hall–Kier alpha value is -1.28. The lowest BCUT2D eigenvalue weighted by atomic mass is 10.0. The summed E-state index contributed by atoms with van der Waals surface area (Å²) < 4.78 is 23.6. The molecule has 0 heterocycles. The molecule has 0 saturated carbocycles. The molecule has 3 unspecified atom stereocenters. The lowest BCUT2D eigenvalue weighted by Crippen LogP contribution is -2.45. The number of quaternary nitrogens is 1. The topological polar surface area (TPSA) is 105 Å². The Kier molecular flexibility index (Phi) is 42.1. The van der Waals surface area contributed by atoms with Crippen LogP contribution >= 0.6 is 7.82 Å². The Morgan fingerprint density at radius 2 is 0.917 bits per heavy atom. The number of nitrogens with zero attached hydrogens (tertiary/aromatic N) is 1. The van der Waals surface area contributed by atoms with Crippen LogP contribution in [0.4, 0.5) is 0 Å². The summed E-state index contributed by atoms with van der Waals surface area (Å²) in [6, 6.07) is -0.866. The molecule has 9 heteroatoms. The Balaban J connectivity index is 4.38. The Bertz CT molecular complexity index is 1070. The SMILES string of the molecule is CCCCCCCCCCC/C=C/CC/C=C/CC/C=C/C(O)C(COP(=O)(O)OCC[N+](C)(C)C)NC(=O)CCCCCCCCCCCCCCCCCCCCC. The van der Waals surface area contributed by atoms with Crippen molar-refractivity contribution in [2.75, 3.05) is 40.9 Å². The van der Waals surface area contributed by atoms with Gasteiger partial charge >= 0.3 is 7.82 Å². The van der Waals surface area contributed by atoms with Crippen molar-refractivity contribution in [3.05, 3.63) is 36.5 Å². The first-order valence-corrected chi connectivity index (χ1v) is 26.9. The highest BCUT2D eigenvalue weighted by molar-refractivity contribution is 7.47. The number of hydrogen-bond acceptors (Lipinski definition) is 5. The van der Waals surface area contributed by atoms with Crippen LogP contribution in [0, 0.1) is 0 Å². The second kappa shape index (κ2) is 43.0. The summed E-state index contributed by atoms with van der Waals surface area (Å²) in [5.41, 5.74) is 0. The fraction of sp³-hybridized carbons (Fsp3) is 0.863.